The summed E-state index contributed by atoms with van der Waals surface area (Å²) in [5, 5.41) is 0. The van der Waals surface area contributed by atoms with Crippen molar-refractivity contribution in [2.45, 2.75) is 52.9 Å². The van der Waals surface area contributed by atoms with Crippen LogP contribution < -0.4 is 9.80 Å². The van der Waals surface area contributed by atoms with Gasteiger partial charge in [0.2, 0.25) is 0 Å². The number of rotatable bonds is 5. The Labute approximate surface area is 213 Å². The van der Waals surface area contributed by atoms with Crippen molar-refractivity contribution >= 4 is 16.9 Å². The minimum absolute atomic E-state index is 0.390. The maximum atomic E-state index is 5.62. The minimum atomic E-state index is 0.390. The van der Waals surface area contributed by atoms with Gasteiger partial charge < -0.3 is 19.3 Å². The van der Waals surface area contributed by atoms with Gasteiger partial charge in [0.1, 0.15) is 0 Å². The summed E-state index contributed by atoms with van der Waals surface area (Å²) in [6.45, 7) is 18.6. The van der Waals surface area contributed by atoms with Gasteiger partial charge in [-0.15, -0.1) is 0 Å². The standard InChI is InChI=1S/C30H47N3O2/c1-30(2,3)26-6-4-25(5-7-26)28-22-27(32-16-20-35-21-17-32)8-9-29(28)33-14-12-31(13-15-33)23-24-10-18-34-19-11-24/h4,8-9,22,24,26H,5-7,10-21,23H2,1-3H3. The number of anilines is 2. The molecular formula is C30H47N3O2. The smallest absolute Gasteiger partial charge is 0.0642 e. The van der Waals surface area contributed by atoms with Gasteiger partial charge in [0.15, 0.2) is 0 Å². The Hall–Kier alpha value is -1.56. The molecule has 3 saturated heterocycles. The summed E-state index contributed by atoms with van der Waals surface area (Å²) in [5.74, 6) is 1.60. The third-order valence-electron chi connectivity index (χ3n) is 8.91. The summed E-state index contributed by atoms with van der Waals surface area (Å²) < 4.78 is 11.2. The minimum Gasteiger partial charge on any atom is -0.381 e. The topological polar surface area (TPSA) is 28.2 Å². The number of ether oxygens (including phenoxy) is 2. The number of piperazine rings is 1. The van der Waals surface area contributed by atoms with E-state index in [-0.39, 0.29) is 0 Å². The molecule has 0 bridgehead atoms. The van der Waals surface area contributed by atoms with Crippen molar-refractivity contribution < 1.29 is 9.47 Å². The first kappa shape index (κ1) is 25.1. The third-order valence-corrected chi connectivity index (χ3v) is 8.91. The van der Waals surface area contributed by atoms with Crippen LogP contribution in [0.3, 0.4) is 0 Å². The molecule has 3 fully saturated rings. The van der Waals surface area contributed by atoms with Gasteiger partial charge in [-0.05, 0) is 73.1 Å². The molecule has 35 heavy (non-hydrogen) atoms. The predicted molar refractivity (Wildman–Crippen MR) is 146 cm³/mol. The fourth-order valence-electron chi connectivity index (χ4n) is 6.41. The van der Waals surface area contributed by atoms with Crippen molar-refractivity contribution in [3.05, 3.63) is 29.8 Å². The number of hydrogen-bond acceptors (Lipinski definition) is 5. The van der Waals surface area contributed by atoms with Crippen molar-refractivity contribution in [2.24, 2.45) is 17.3 Å². The molecule has 0 amide bonds. The Bertz CT molecular complexity index is 857. The zero-order valence-corrected chi connectivity index (χ0v) is 22.4. The molecule has 1 aromatic carbocycles. The molecule has 1 aliphatic carbocycles. The van der Waals surface area contributed by atoms with E-state index < -0.39 is 0 Å². The number of hydrogen-bond donors (Lipinski definition) is 0. The highest BCUT2D eigenvalue weighted by molar-refractivity contribution is 5.80. The van der Waals surface area contributed by atoms with Gasteiger partial charge in [-0.3, -0.25) is 4.90 Å². The molecule has 194 valence electrons. The van der Waals surface area contributed by atoms with Crippen molar-refractivity contribution in [3.8, 4) is 0 Å². The molecule has 3 aliphatic heterocycles. The Kier molecular flexibility index (Phi) is 8.05. The Morgan fingerprint density at radius 1 is 0.829 bits per heavy atom. The number of allylic oxidation sites excluding steroid dienone is 2. The van der Waals surface area contributed by atoms with Crippen LogP contribution in [0, 0.1) is 17.3 Å². The molecule has 1 atom stereocenters. The summed E-state index contributed by atoms with van der Waals surface area (Å²) in [5.41, 5.74) is 6.26. The average molecular weight is 482 g/mol. The van der Waals surface area contributed by atoms with E-state index in [9.17, 15) is 0 Å². The molecule has 5 heteroatoms. The van der Waals surface area contributed by atoms with Gasteiger partial charge in [0, 0.05) is 76.0 Å². The Balaban J connectivity index is 1.32. The normalized spacial score (nSPS) is 25.6. The highest BCUT2D eigenvalue weighted by Crippen LogP contribution is 2.42. The summed E-state index contributed by atoms with van der Waals surface area (Å²) in [4.78, 5) is 7.86. The fraction of sp³-hybridized carbons (Fsp3) is 0.733. The second-order valence-electron chi connectivity index (χ2n) is 12.2. The van der Waals surface area contributed by atoms with E-state index >= 15 is 0 Å². The van der Waals surface area contributed by atoms with E-state index in [2.05, 4.69) is 59.7 Å². The first-order chi connectivity index (χ1) is 17.0. The van der Waals surface area contributed by atoms with E-state index in [0.717, 1.165) is 64.4 Å². The largest absolute Gasteiger partial charge is 0.381 e. The quantitative estimate of drug-likeness (QED) is 0.569. The van der Waals surface area contributed by atoms with E-state index in [1.165, 1.54) is 68.7 Å². The monoisotopic (exact) mass is 481 g/mol. The summed E-state index contributed by atoms with van der Waals surface area (Å²) >= 11 is 0. The van der Waals surface area contributed by atoms with E-state index in [4.69, 9.17) is 9.47 Å². The summed E-state index contributed by atoms with van der Waals surface area (Å²) in [6.07, 6.45) is 8.75. The van der Waals surface area contributed by atoms with Gasteiger partial charge >= 0.3 is 0 Å². The third kappa shape index (κ3) is 6.23. The van der Waals surface area contributed by atoms with Crippen LogP contribution in [0.2, 0.25) is 0 Å². The van der Waals surface area contributed by atoms with Gasteiger partial charge in [0.25, 0.3) is 0 Å². The first-order valence-corrected chi connectivity index (χ1v) is 14.2. The summed E-state index contributed by atoms with van der Waals surface area (Å²) in [7, 11) is 0. The molecule has 0 N–H and O–H groups in total. The van der Waals surface area contributed by atoms with Crippen molar-refractivity contribution in [1.82, 2.24) is 4.90 Å². The van der Waals surface area contributed by atoms with Crippen LogP contribution in [0.4, 0.5) is 11.4 Å². The van der Waals surface area contributed by atoms with Gasteiger partial charge in [-0.1, -0.05) is 26.8 Å². The Morgan fingerprint density at radius 2 is 1.54 bits per heavy atom. The fourth-order valence-corrected chi connectivity index (χ4v) is 6.41. The van der Waals surface area contributed by atoms with Crippen molar-refractivity contribution in [1.29, 1.82) is 0 Å². The van der Waals surface area contributed by atoms with Crippen molar-refractivity contribution in [2.75, 3.05) is 82.0 Å². The molecule has 3 heterocycles. The van der Waals surface area contributed by atoms with Gasteiger partial charge in [-0.2, -0.15) is 0 Å². The molecule has 0 spiro atoms. The SMILES string of the molecule is CC(C)(C)C1CC=C(c2cc(N3CCOCC3)ccc2N2CCN(CC3CCOCC3)CC2)CC1. The molecule has 4 aliphatic rings. The highest BCUT2D eigenvalue weighted by Gasteiger charge is 2.29. The molecule has 0 aromatic heterocycles. The molecular weight excluding hydrogens is 434 g/mol. The molecule has 1 unspecified atom stereocenters. The highest BCUT2D eigenvalue weighted by atomic mass is 16.5. The van der Waals surface area contributed by atoms with Crippen LogP contribution in [0.15, 0.2) is 24.3 Å². The molecule has 1 aromatic rings. The molecule has 0 radical (unpaired) electrons. The average Bonchev–Trinajstić information content (AvgIpc) is 2.90. The van der Waals surface area contributed by atoms with Crippen LogP contribution in [0.1, 0.15) is 58.4 Å². The lowest BCUT2D eigenvalue weighted by atomic mass is 9.72. The molecule has 5 nitrogen and oxygen atoms in total. The van der Waals surface area contributed by atoms with Gasteiger partial charge in [0.05, 0.1) is 13.2 Å². The Morgan fingerprint density at radius 3 is 2.20 bits per heavy atom. The lowest BCUT2D eigenvalue weighted by molar-refractivity contribution is 0.0517. The number of nitrogens with zero attached hydrogens (tertiary/aromatic N) is 3. The van der Waals surface area contributed by atoms with Crippen LogP contribution in [-0.4, -0.2) is 77.1 Å². The lowest BCUT2D eigenvalue weighted by Crippen LogP contribution is -2.48. The maximum Gasteiger partial charge on any atom is 0.0642 e. The lowest BCUT2D eigenvalue weighted by Gasteiger charge is -2.40. The maximum absolute atomic E-state index is 5.62. The zero-order valence-electron chi connectivity index (χ0n) is 22.4. The van der Waals surface area contributed by atoms with Crippen LogP contribution in [0.5, 0.6) is 0 Å². The molecule has 5 rings (SSSR count). The number of morpholine rings is 1. The second kappa shape index (κ2) is 11.2. The van der Waals surface area contributed by atoms with Crippen LogP contribution in [-0.2, 0) is 9.47 Å². The summed E-state index contributed by atoms with van der Waals surface area (Å²) in [6, 6.07) is 7.28. The second-order valence-corrected chi connectivity index (χ2v) is 12.2. The van der Waals surface area contributed by atoms with Crippen molar-refractivity contribution in [3.63, 3.8) is 0 Å². The predicted octanol–water partition coefficient (Wildman–Crippen LogP) is 5.30. The zero-order chi connectivity index (χ0) is 24.3. The first-order valence-electron chi connectivity index (χ1n) is 14.2. The van der Waals surface area contributed by atoms with Crippen LogP contribution in [0.25, 0.3) is 5.57 Å². The van der Waals surface area contributed by atoms with Crippen LogP contribution >= 0.6 is 0 Å². The van der Waals surface area contributed by atoms with Gasteiger partial charge in [-0.25, -0.2) is 0 Å². The van der Waals surface area contributed by atoms with E-state index in [1.807, 2.05) is 0 Å². The van der Waals surface area contributed by atoms with E-state index in [1.54, 1.807) is 5.57 Å². The molecule has 0 saturated carbocycles. The number of benzene rings is 1. The van der Waals surface area contributed by atoms with E-state index in [0.29, 0.717) is 5.41 Å².